The van der Waals surface area contributed by atoms with Gasteiger partial charge in [-0.05, 0) is 62.4 Å². The van der Waals surface area contributed by atoms with Crippen molar-refractivity contribution in [1.82, 2.24) is 9.62 Å². The topological polar surface area (TPSA) is 66.5 Å². The van der Waals surface area contributed by atoms with Crippen LogP contribution in [0.3, 0.4) is 0 Å². The lowest BCUT2D eigenvalue weighted by molar-refractivity contribution is -0.126. The van der Waals surface area contributed by atoms with E-state index in [0.29, 0.717) is 30.0 Å². The highest BCUT2D eigenvalue weighted by atomic mass is 35.5. The van der Waals surface area contributed by atoms with Crippen molar-refractivity contribution in [2.45, 2.75) is 45.4 Å². The molecular formula is C23H29ClN2O3S. The number of amides is 1. The van der Waals surface area contributed by atoms with E-state index in [1.807, 2.05) is 32.9 Å². The zero-order valence-corrected chi connectivity index (χ0v) is 19.3. The van der Waals surface area contributed by atoms with Gasteiger partial charge in [0.25, 0.3) is 0 Å². The molecule has 3 rings (SSSR count). The monoisotopic (exact) mass is 448 g/mol. The van der Waals surface area contributed by atoms with Crippen LogP contribution in [0.4, 0.5) is 0 Å². The molecule has 2 aromatic carbocycles. The van der Waals surface area contributed by atoms with E-state index in [4.69, 9.17) is 11.6 Å². The van der Waals surface area contributed by atoms with E-state index in [9.17, 15) is 13.2 Å². The standard InChI is InChI=1S/C23H29ClN2O3S/c1-16-9-10-22(17(2)12-16)18(3)25-23(27)20-7-5-11-26(14-20)30(28,29)15-19-6-4-8-21(24)13-19/h4,6,8-10,12-13,18,20H,5,7,11,14-15H2,1-3H3,(H,25,27)/t18-,20-/m1/s1. The van der Waals surface area contributed by atoms with Crippen LogP contribution >= 0.6 is 11.6 Å². The molecule has 1 fully saturated rings. The Kier molecular flexibility index (Phi) is 7.22. The van der Waals surface area contributed by atoms with Crippen molar-refractivity contribution in [3.05, 3.63) is 69.7 Å². The predicted octanol–water partition coefficient (Wildman–Crippen LogP) is 4.38. The molecule has 1 heterocycles. The molecular weight excluding hydrogens is 420 g/mol. The fourth-order valence-electron chi connectivity index (χ4n) is 4.06. The van der Waals surface area contributed by atoms with Crippen molar-refractivity contribution in [2.75, 3.05) is 13.1 Å². The molecule has 0 aliphatic carbocycles. The second-order valence-corrected chi connectivity index (χ2v) is 10.6. The van der Waals surface area contributed by atoms with Crippen molar-refractivity contribution in [1.29, 1.82) is 0 Å². The molecule has 1 N–H and O–H groups in total. The van der Waals surface area contributed by atoms with Crippen LogP contribution in [0.15, 0.2) is 42.5 Å². The average molecular weight is 449 g/mol. The molecule has 1 amide bonds. The van der Waals surface area contributed by atoms with Gasteiger partial charge >= 0.3 is 0 Å². The van der Waals surface area contributed by atoms with Gasteiger partial charge in [-0.2, -0.15) is 0 Å². The minimum atomic E-state index is -3.52. The second-order valence-electron chi connectivity index (χ2n) is 8.17. The van der Waals surface area contributed by atoms with E-state index >= 15 is 0 Å². The van der Waals surface area contributed by atoms with Crippen molar-refractivity contribution >= 4 is 27.5 Å². The Morgan fingerprint density at radius 1 is 1.23 bits per heavy atom. The first-order chi connectivity index (χ1) is 14.2. The van der Waals surface area contributed by atoms with E-state index in [1.165, 1.54) is 9.87 Å². The van der Waals surface area contributed by atoms with Crippen LogP contribution in [-0.4, -0.2) is 31.7 Å². The largest absolute Gasteiger partial charge is 0.349 e. The van der Waals surface area contributed by atoms with E-state index in [-0.39, 0.29) is 30.2 Å². The smallest absolute Gasteiger partial charge is 0.224 e. The Bertz CT molecular complexity index is 1020. The maximum Gasteiger partial charge on any atom is 0.224 e. The van der Waals surface area contributed by atoms with Gasteiger partial charge in [0.1, 0.15) is 0 Å². The highest BCUT2D eigenvalue weighted by Crippen LogP contribution is 2.24. The van der Waals surface area contributed by atoms with Crippen LogP contribution in [0, 0.1) is 19.8 Å². The van der Waals surface area contributed by atoms with E-state index in [2.05, 4.69) is 11.4 Å². The maximum absolute atomic E-state index is 12.9. The number of benzene rings is 2. The number of nitrogens with one attached hydrogen (secondary N) is 1. The lowest BCUT2D eigenvalue weighted by Crippen LogP contribution is -2.46. The Morgan fingerprint density at radius 2 is 2.00 bits per heavy atom. The van der Waals surface area contributed by atoms with Crippen molar-refractivity contribution < 1.29 is 13.2 Å². The molecule has 0 aromatic heterocycles. The van der Waals surface area contributed by atoms with Crippen LogP contribution < -0.4 is 5.32 Å². The number of carbonyl (C=O) groups excluding carboxylic acids is 1. The second kappa shape index (κ2) is 9.50. The van der Waals surface area contributed by atoms with Gasteiger partial charge in [-0.1, -0.05) is 47.5 Å². The SMILES string of the molecule is Cc1ccc([C@@H](C)NC(=O)[C@@H]2CCCN(S(=O)(=O)Cc3cccc(Cl)c3)C2)c(C)c1. The van der Waals surface area contributed by atoms with Crippen LogP contribution in [0.1, 0.15) is 48.1 Å². The van der Waals surface area contributed by atoms with Gasteiger partial charge in [-0.25, -0.2) is 12.7 Å². The summed E-state index contributed by atoms with van der Waals surface area (Å²) < 4.78 is 27.3. The molecule has 5 nitrogen and oxygen atoms in total. The predicted molar refractivity (Wildman–Crippen MR) is 121 cm³/mol. The highest BCUT2D eigenvalue weighted by molar-refractivity contribution is 7.88. The summed E-state index contributed by atoms with van der Waals surface area (Å²) in [4.78, 5) is 12.9. The summed E-state index contributed by atoms with van der Waals surface area (Å²) in [5.41, 5.74) is 4.05. The zero-order valence-electron chi connectivity index (χ0n) is 17.7. The van der Waals surface area contributed by atoms with Crippen molar-refractivity contribution in [3.8, 4) is 0 Å². The van der Waals surface area contributed by atoms with Crippen molar-refractivity contribution in [2.24, 2.45) is 5.92 Å². The lowest BCUT2D eigenvalue weighted by atomic mass is 9.96. The molecule has 1 aliphatic heterocycles. The lowest BCUT2D eigenvalue weighted by Gasteiger charge is -2.32. The van der Waals surface area contributed by atoms with E-state index in [0.717, 1.165) is 11.1 Å². The van der Waals surface area contributed by atoms with Gasteiger partial charge in [-0.3, -0.25) is 4.79 Å². The van der Waals surface area contributed by atoms with Gasteiger partial charge in [-0.15, -0.1) is 0 Å². The molecule has 0 unspecified atom stereocenters. The van der Waals surface area contributed by atoms with Gasteiger partial charge in [0.05, 0.1) is 17.7 Å². The summed E-state index contributed by atoms with van der Waals surface area (Å²) in [7, 11) is -3.52. The summed E-state index contributed by atoms with van der Waals surface area (Å²) >= 11 is 5.98. The summed E-state index contributed by atoms with van der Waals surface area (Å²) in [6.45, 7) is 6.70. The summed E-state index contributed by atoms with van der Waals surface area (Å²) in [6.07, 6.45) is 1.36. The maximum atomic E-state index is 12.9. The zero-order chi connectivity index (χ0) is 21.9. The first kappa shape index (κ1) is 22.8. The third-order valence-corrected chi connectivity index (χ3v) is 7.69. The average Bonchev–Trinajstić information content (AvgIpc) is 2.67. The van der Waals surface area contributed by atoms with Crippen molar-refractivity contribution in [3.63, 3.8) is 0 Å². The van der Waals surface area contributed by atoms with Crippen LogP contribution in [-0.2, 0) is 20.6 Å². The minimum absolute atomic E-state index is 0.0925. The molecule has 0 radical (unpaired) electrons. The fraction of sp³-hybridized carbons (Fsp3) is 0.435. The molecule has 1 saturated heterocycles. The quantitative estimate of drug-likeness (QED) is 0.713. The molecule has 162 valence electrons. The third kappa shape index (κ3) is 5.62. The van der Waals surface area contributed by atoms with Gasteiger partial charge in [0, 0.05) is 18.1 Å². The number of piperidine rings is 1. The van der Waals surface area contributed by atoms with Gasteiger partial charge in [0.15, 0.2) is 0 Å². The molecule has 30 heavy (non-hydrogen) atoms. The van der Waals surface area contributed by atoms with Gasteiger partial charge in [0.2, 0.25) is 15.9 Å². The normalized spacial score (nSPS) is 18.7. The molecule has 2 atom stereocenters. The molecule has 0 saturated carbocycles. The minimum Gasteiger partial charge on any atom is -0.349 e. The summed E-state index contributed by atoms with van der Waals surface area (Å²) in [6, 6.07) is 12.9. The fourth-order valence-corrected chi connectivity index (χ4v) is 5.87. The molecule has 0 spiro atoms. The Labute approximate surface area is 184 Å². The van der Waals surface area contributed by atoms with Gasteiger partial charge < -0.3 is 5.32 Å². The third-order valence-electron chi connectivity index (χ3n) is 5.64. The van der Waals surface area contributed by atoms with Crippen LogP contribution in [0.25, 0.3) is 0 Å². The van der Waals surface area contributed by atoms with E-state index < -0.39 is 10.0 Å². The molecule has 0 bridgehead atoms. The Morgan fingerprint density at radius 3 is 2.70 bits per heavy atom. The summed E-state index contributed by atoms with van der Waals surface area (Å²) in [5.74, 6) is -0.549. The summed E-state index contributed by atoms with van der Waals surface area (Å²) in [5, 5.41) is 3.59. The number of aryl methyl sites for hydroxylation is 2. The number of rotatable bonds is 6. The highest BCUT2D eigenvalue weighted by Gasteiger charge is 2.33. The Hall–Kier alpha value is -1.89. The molecule has 7 heteroatoms. The number of hydrogen-bond donors (Lipinski definition) is 1. The Balaban J connectivity index is 1.65. The van der Waals surface area contributed by atoms with E-state index in [1.54, 1.807) is 24.3 Å². The van der Waals surface area contributed by atoms with Crippen LogP contribution in [0.2, 0.25) is 5.02 Å². The van der Waals surface area contributed by atoms with Crippen LogP contribution in [0.5, 0.6) is 0 Å². The molecule has 2 aromatic rings. The first-order valence-corrected chi connectivity index (χ1v) is 12.2. The first-order valence-electron chi connectivity index (χ1n) is 10.3. The number of halogens is 1. The number of hydrogen-bond acceptors (Lipinski definition) is 3. The molecule has 1 aliphatic rings. The number of nitrogens with zero attached hydrogens (tertiary/aromatic N) is 1. The number of sulfonamides is 1. The number of carbonyl (C=O) groups is 1.